The number of amides is 1. The number of carbonyl (C=O) groups excluding carboxylic acids is 2. The van der Waals surface area contributed by atoms with Crippen LogP contribution < -0.4 is 0 Å². The lowest BCUT2D eigenvalue weighted by Gasteiger charge is -2.34. The minimum atomic E-state index is -0.655. The van der Waals surface area contributed by atoms with Gasteiger partial charge < -0.3 is 9.64 Å². The highest BCUT2D eigenvalue weighted by Crippen LogP contribution is 2.53. The maximum absolute atomic E-state index is 13.4. The molecule has 0 unspecified atom stereocenters. The van der Waals surface area contributed by atoms with Gasteiger partial charge in [-0.15, -0.1) is 0 Å². The molecule has 1 aromatic rings. The molecule has 2 aliphatic heterocycles. The molecule has 1 aliphatic carbocycles. The Balaban J connectivity index is 1.80. The summed E-state index contributed by atoms with van der Waals surface area (Å²) in [5, 5.41) is 0. The molecular weight excluding hydrogens is 290 g/mol. The monoisotopic (exact) mass is 311 g/mol. The first-order valence-electron chi connectivity index (χ1n) is 8.15. The number of carbonyl (C=O) groups is 2. The largest absolute Gasteiger partial charge is 0.355 e. The zero-order chi connectivity index (χ0) is 16.2. The molecule has 0 spiro atoms. The van der Waals surface area contributed by atoms with E-state index in [1.807, 2.05) is 55.2 Å². The molecule has 0 aromatic heterocycles. The average molecular weight is 311 g/mol. The average Bonchev–Trinajstić information content (AvgIpc) is 2.96. The highest BCUT2D eigenvalue weighted by atomic mass is 16.5. The van der Waals surface area contributed by atoms with E-state index in [1.54, 1.807) is 6.08 Å². The fraction of sp³-hybridized carbons (Fsp3) is 0.474. The number of ether oxygens (including phenoxy) is 1. The van der Waals surface area contributed by atoms with Crippen molar-refractivity contribution >= 4 is 11.7 Å². The lowest BCUT2D eigenvalue weighted by Crippen LogP contribution is -2.47. The first kappa shape index (κ1) is 14.6. The van der Waals surface area contributed by atoms with Crippen LogP contribution in [0.1, 0.15) is 25.8 Å². The second-order valence-electron chi connectivity index (χ2n) is 7.50. The molecule has 0 saturated carbocycles. The number of fused-ring (bicyclic) bond motifs is 3. The number of benzene rings is 1. The van der Waals surface area contributed by atoms with Crippen LogP contribution in [-0.4, -0.2) is 35.0 Å². The van der Waals surface area contributed by atoms with Crippen molar-refractivity contribution < 1.29 is 14.3 Å². The predicted octanol–water partition coefficient (Wildman–Crippen LogP) is 2.34. The number of allylic oxidation sites excluding steroid dienone is 1. The van der Waals surface area contributed by atoms with Crippen LogP contribution in [0, 0.1) is 11.3 Å². The fourth-order valence-electron chi connectivity index (χ4n) is 4.31. The van der Waals surface area contributed by atoms with E-state index >= 15 is 0 Å². The standard InChI is InChI=1S/C19H21NO3/c1-18(2)12-23-16-15-10-14(21)8-9-19(15,17(22)20(16)18)11-13-6-4-3-5-7-13/h3-9,15-16H,10-12H2,1-2H3/t15-,16-,19+/m1/s1. The molecule has 0 N–H and O–H groups in total. The van der Waals surface area contributed by atoms with Gasteiger partial charge in [-0.25, -0.2) is 0 Å². The molecule has 4 heteroatoms. The molecule has 2 saturated heterocycles. The molecule has 1 amide bonds. The highest BCUT2D eigenvalue weighted by Gasteiger charge is 2.65. The highest BCUT2D eigenvalue weighted by molar-refractivity contribution is 5.97. The maximum atomic E-state index is 13.4. The van der Waals surface area contributed by atoms with E-state index in [-0.39, 0.29) is 29.4 Å². The van der Waals surface area contributed by atoms with Crippen LogP contribution in [0.15, 0.2) is 42.5 Å². The lowest BCUT2D eigenvalue weighted by molar-refractivity contribution is -0.138. The predicted molar refractivity (Wildman–Crippen MR) is 85.5 cm³/mol. The van der Waals surface area contributed by atoms with Gasteiger partial charge in [0.25, 0.3) is 0 Å². The van der Waals surface area contributed by atoms with Gasteiger partial charge in [0.05, 0.1) is 17.6 Å². The summed E-state index contributed by atoms with van der Waals surface area (Å²) in [7, 11) is 0. The zero-order valence-electron chi connectivity index (χ0n) is 13.5. The summed E-state index contributed by atoms with van der Waals surface area (Å²) in [6.45, 7) is 4.59. The quantitative estimate of drug-likeness (QED) is 0.842. The summed E-state index contributed by atoms with van der Waals surface area (Å²) >= 11 is 0. The van der Waals surface area contributed by atoms with Gasteiger partial charge in [0.1, 0.15) is 6.23 Å². The smallest absolute Gasteiger partial charge is 0.236 e. The summed E-state index contributed by atoms with van der Waals surface area (Å²) in [4.78, 5) is 27.2. The van der Waals surface area contributed by atoms with E-state index in [0.29, 0.717) is 19.4 Å². The number of hydrogen-bond acceptors (Lipinski definition) is 3. The molecule has 1 aromatic carbocycles. The molecule has 120 valence electrons. The van der Waals surface area contributed by atoms with E-state index in [0.717, 1.165) is 5.56 Å². The SMILES string of the molecule is CC1(C)CO[C@@H]2[C@H]3CC(=O)C=C[C@@]3(Cc3ccccc3)C(=O)N21. The third kappa shape index (κ3) is 2.01. The summed E-state index contributed by atoms with van der Waals surface area (Å²) < 4.78 is 5.96. The zero-order valence-corrected chi connectivity index (χ0v) is 13.5. The fourth-order valence-corrected chi connectivity index (χ4v) is 4.31. The van der Waals surface area contributed by atoms with Gasteiger partial charge in [0.2, 0.25) is 5.91 Å². The summed E-state index contributed by atoms with van der Waals surface area (Å²) in [5.41, 5.74) is 0.140. The van der Waals surface area contributed by atoms with Crippen molar-refractivity contribution in [1.82, 2.24) is 4.90 Å². The molecule has 23 heavy (non-hydrogen) atoms. The van der Waals surface area contributed by atoms with Gasteiger partial charge in [0, 0.05) is 12.3 Å². The van der Waals surface area contributed by atoms with Crippen molar-refractivity contribution in [2.24, 2.45) is 11.3 Å². The summed E-state index contributed by atoms with van der Waals surface area (Å²) in [6, 6.07) is 10.0. The second-order valence-corrected chi connectivity index (χ2v) is 7.50. The Hall–Kier alpha value is -1.94. The van der Waals surface area contributed by atoms with Crippen LogP contribution in [0.2, 0.25) is 0 Å². The number of rotatable bonds is 2. The Morgan fingerprint density at radius 2 is 1.96 bits per heavy atom. The molecule has 0 bridgehead atoms. The van der Waals surface area contributed by atoms with Crippen molar-refractivity contribution in [3.8, 4) is 0 Å². The second kappa shape index (κ2) is 4.78. The normalized spacial score (nSPS) is 34.6. The Morgan fingerprint density at radius 3 is 2.70 bits per heavy atom. The van der Waals surface area contributed by atoms with Gasteiger partial charge in [-0.1, -0.05) is 36.4 Å². The first-order valence-corrected chi connectivity index (χ1v) is 8.15. The summed E-state index contributed by atoms with van der Waals surface area (Å²) in [5.74, 6) is 0.0822. The Bertz CT molecular complexity index is 694. The Labute approximate surface area is 136 Å². The van der Waals surface area contributed by atoms with Crippen LogP contribution in [0.25, 0.3) is 0 Å². The first-order chi connectivity index (χ1) is 10.9. The molecule has 4 rings (SSSR count). The van der Waals surface area contributed by atoms with E-state index in [1.165, 1.54) is 0 Å². The van der Waals surface area contributed by atoms with Crippen molar-refractivity contribution in [3.05, 3.63) is 48.0 Å². The van der Waals surface area contributed by atoms with Gasteiger partial charge in [-0.3, -0.25) is 9.59 Å². The van der Waals surface area contributed by atoms with E-state index in [9.17, 15) is 9.59 Å². The van der Waals surface area contributed by atoms with Crippen molar-refractivity contribution in [3.63, 3.8) is 0 Å². The topological polar surface area (TPSA) is 46.6 Å². The van der Waals surface area contributed by atoms with Crippen LogP contribution >= 0.6 is 0 Å². The molecule has 4 nitrogen and oxygen atoms in total. The van der Waals surface area contributed by atoms with Gasteiger partial charge >= 0.3 is 0 Å². The maximum Gasteiger partial charge on any atom is 0.236 e. The number of nitrogens with zero attached hydrogens (tertiary/aromatic N) is 1. The summed E-state index contributed by atoms with van der Waals surface area (Å²) in [6.07, 6.45) is 4.15. The van der Waals surface area contributed by atoms with Gasteiger partial charge in [-0.2, -0.15) is 0 Å². The van der Waals surface area contributed by atoms with Crippen molar-refractivity contribution in [1.29, 1.82) is 0 Å². The third-order valence-electron chi connectivity index (χ3n) is 5.46. The van der Waals surface area contributed by atoms with Crippen LogP contribution in [0.5, 0.6) is 0 Å². The van der Waals surface area contributed by atoms with Gasteiger partial charge in [0.15, 0.2) is 5.78 Å². The third-order valence-corrected chi connectivity index (χ3v) is 5.46. The van der Waals surface area contributed by atoms with E-state index < -0.39 is 5.41 Å². The van der Waals surface area contributed by atoms with Crippen molar-refractivity contribution in [2.75, 3.05) is 6.61 Å². The number of ketones is 1. The molecule has 0 radical (unpaired) electrons. The number of hydrogen-bond donors (Lipinski definition) is 0. The van der Waals surface area contributed by atoms with Crippen LogP contribution in [0.3, 0.4) is 0 Å². The molecule has 2 heterocycles. The Morgan fingerprint density at radius 1 is 1.22 bits per heavy atom. The lowest BCUT2D eigenvalue weighted by atomic mass is 9.67. The van der Waals surface area contributed by atoms with Crippen molar-refractivity contribution in [2.45, 2.75) is 38.5 Å². The minimum Gasteiger partial charge on any atom is -0.355 e. The van der Waals surface area contributed by atoms with Gasteiger partial charge in [-0.05, 0) is 31.9 Å². The molecule has 3 atom stereocenters. The molecule has 2 fully saturated rings. The van der Waals surface area contributed by atoms with Crippen LogP contribution in [0.4, 0.5) is 0 Å². The minimum absolute atomic E-state index is 0.0849. The molecular formula is C19H21NO3. The Kier molecular flexibility index (Phi) is 3.04. The van der Waals surface area contributed by atoms with Crippen LogP contribution in [-0.2, 0) is 20.7 Å². The van der Waals surface area contributed by atoms with E-state index in [4.69, 9.17) is 4.74 Å². The van der Waals surface area contributed by atoms with E-state index in [2.05, 4.69) is 0 Å². The molecule has 3 aliphatic rings.